The number of pyridine rings is 1. The average molecular weight is 442 g/mol. The van der Waals surface area contributed by atoms with Crippen LogP contribution in [0.1, 0.15) is 52.3 Å². The Bertz CT molecular complexity index is 955. The Morgan fingerprint density at radius 2 is 2.03 bits per heavy atom. The summed E-state index contributed by atoms with van der Waals surface area (Å²) in [4.78, 5) is 28.4. The van der Waals surface area contributed by atoms with Gasteiger partial charge in [0.25, 0.3) is 0 Å². The molecule has 0 radical (unpaired) electrons. The summed E-state index contributed by atoms with van der Waals surface area (Å²) in [5.74, 6) is 1.96. The normalized spacial score (nSPS) is 14.2. The predicted molar refractivity (Wildman–Crippen MR) is 125 cm³/mol. The molecule has 0 aliphatic heterocycles. The third-order valence-electron chi connectivity index (χ3n) is 5.32. The lowest BCUT2D eigenvalue weighted by Gasteiger charge is -2.25. The molecule has 3 rings (SSSR count). The van der Waals surface area contributed by atoms with E-state index in [-0.39, 0.29) is 30.5 Å². The van der Waals surface area contributed by atoms with E-state index in [9.17, 15) is 9.90 Å². The van der Waals surface area contributed by atoms with Gasteiger partial charge in [0.1, 0.15) is 23.9 Å². The summed E-state index contributed by atoms with van der Waals surface area (Å²) in [7, 11) is 1.88. The SMILES string of the molecule is CC(C)[C@H](O)COc1ccnc(-c2nc3c(c(N(C)CC(=O)NC(C)(C)C)n2)CCC3)c1. The van der Waals surface area contributed by atoms with E-state index in [1.54, 1.807) is 18.3 Å². The second-order valence-corrected chi connectivity index (χ2v) is 9.80. The number of aliphatic hydroxyl groups is 1. The number of fused-ring (bicyclic) bond motifs is 1. The molecule has 0 spiro atoms. The van der Waals surface area contributed by atoms with Crippen molar-refractivity contribution >= 4 is 11.7 Å². The number of nitrogens with zero attached hydrogens (tertiary/aromatic N) is 4. The first-order valence-electron chi connectivity index (χ1n) is 11.2. The third-order valence-corrected chi connectivity index (χ3v) is 5.32. The van der Waals surface area contributed by atoms with Gasteiger partial charge in [0.2, 0.25) is 5.91 Å². The molecule has 174 valence electrons. The van der Waals surface area contributed by atoms with Crippen molar-refractivity contribution in [3.63, 3.8) is 0 Å². The first-order chi connectivity index (χ1) is 15.0. The molecule has 0 fully saturated rings. The number of nitrogens with one attached hydrogen (secondary N) is 1. The Morgan fingerprint density at radius 1 is 1.28 bits per heavy atom. The van der Waals surface area contributed by atoms with Crippen LogP contribution < -0.4 is 15.0 Å². The summed E-state index contributed by atoms with van der Waals surface area (Å²) < 4.78 is 5.75. The summed E-state index contributed by atoms with van der Waals surface area (Å²) in [5, 5.41) is 13.0. The third kappa shape index (κ3) is 6.16. The van der Waals surface area contributed by atoms with Gasteiger partial charge >= 0.3 is 0 Å². The molecule has 0 unspecified atom stereocenters. The molecule has 2 aromatic rings. The van der Waals surface area contributed by atoms with Crippen molar-refractivity contribution in [3.8, 4) is 17.3 Å². The van der Waals surface area contributed by atoms with Crippen molar-refractivity contribution in [2.75, 3.05) is 25.1 Å². The number of amides is 1. The highest BCUT2D eigenvalue weighted by Crippen LogP contribution is 2.31. The Morgan fingerprint density at radius 3 is 2.72 bits per heavy atom. The number of aliphatic hydroxyl groups excluding tert-OH is 1. The zero-order valence-corrected chi connectivity index (χ0v) is 20.0. The van der Waals surface area contributed by atoms with E-state index in [0.29, 0.717) is 17.3 Å². The number of hydrogen-bond acceptors (Lipinski definition) is 7. The van der Waals surface area contributed by atoms with Crippen LogP contribution in [0.2, 0.25) is 0 Å². The molecule has 0 saturated carbocycles. The van der Waals surface area contributed by atoms with Crippen LogP contribution in [0.5, 0.6) is 5.75 Å². The van der Waals surface area contributed by atoms with Crippen LogP contribution in [0.4, 0.5) is 5.82 Å². The van der Waals surface area contributed by atoms with E-state index < -0.39 is 6.10 Å². The maximum absolute atomic E-state index is 12.5. The van der Waals surface area contributed by atoms with Crippen LogP contribution >= 0.6 is 0 Å². The second-order valence-electron chi connectivity index (χ2n) is 9.80. The number of carbonyl (C=O) groups excluding carboxylic acids is 1. The van der Waals surface area contributed by atoms with Gasteiger partial charge in [-0.15, -0.1) is 0 Å². The van der Waals surface area contributed by atoms with Gasteiger partial charge in [-0.2, -0.15) is 0 Å². The molecular weight excluding hydrogens is 406 g/mol. The van der Waals surface area contributed by atoms with Crippen LogP contribution in [0.15, 0.2) is 18.3 Å². The number of ether oxygens (including phenoxy) is 1. The number of rotatable bonds is 8. The number of carbonyl (C=O) groups is 1. The van der Waals surface area contributed by atoms with Gasteiger partial charge in [-0.25, -0.2) is 9.97 Å². The zero-order valence-electron chi connectivity index (χ0n) is 20.0. The average Bonchev–Trinajstić information content (AvgIpc) is 3.18. The minimum Gasteiger partial charge on any atom is -0.491 e. The number of likely N-dealkylation sites (N-methyl/N-ethyl adjacent to an activating group) is 1. The Hall–Kier alpha value is -2.74. The molecule has 0 aromatic carbocycles. The minimum atomic E-state index is -0.539. The van der Waals surface area contributed by atoms with E-state index in [1.807, 2.05) is 46.6 Å². The standard InChI is InChI=1S/C24H35N5O3/c1-15(2)20(30)14-32-16-10-11-25-19(12-16)22-26-18-9-7-8-17(18)23(27-22)29(6)13-21(31)28-24(3,4)5/h10-12,15,20,30H,7-9,13-14H2,1-6H3,(H,28,31)/t20-/m1/s1. The minimum absolute atomic E-state index is 0.0517. The molecule has 1 aliphatic rings. The second kappa shape index (κ2) is 9.81. The van der Waals surface area contributed by atoms with Gasteiger partial charge in [0.05, 0.1) is 12.6 Å². The van der Waals surface area contributed by atoms with Gasteiger partial charge in [-0.1, -0.05) is 13.8 Å². The van der Waals surface area contributed by atoms with Crippen molar-refractivity contribution in [3.05, 3.63) is 29.6 Å². The smallest absolute Gasteiger partial charge is 0.239 e. The summed E-state index contributed by atoms with van der Waals surface area (Å²) in [5.41, 5.74) is 2.43. The molecule has 1 atom stereocenters. The lowest BCUT2D eigenvalue weighted by atomic mass is 10.1. The summed E-state index contributed by atoms with van der Waals surface area (Å²) >= 11 is 0. The van der Waals surface area contributed by atoms with E-state index in [2.05, 4.69) is 10.3 Å². The van der Waals surface area contributed by atoms with E-state index in [1.165, 1.54) is 0 Å². The molecule has 8 heteroatoms. The summed E-state index contributed by atoms with van der Waals surface area (Å²) in [6, 6.07) is 3.55. The van der Waals surface area contributed by atoms with Crippen LogP contribution in [-0.4, -0.2) is 57.8 Å². The van der Waals surface area contributed by atoms with Crippen LogP contribution in [-0.2, 0) is 17.6 Å². The molecule has 1 amide bonds. The van der Waals surface area contributed by atoms with Crippen LogP contribution in [0.3, 0.4) is 0 Å². The first kappa shape index (κ1) is 23.9. The molecule has 8 nitrogen and oxygen atoms in total. The van der Waals surface area contributed by atoms with Crippen molar-refractivity contribution in [2.24, 2.45) is 5.92 Å². The van der Waals surface area contributed by atoms with Gasteiger partial charge in [0.15, 0.2) is 5.82 Å². The number of aryl methyl sites for hydroxylation is 1. The predicted octanol–water partition coefficient (Wildman–Crippen LogP) is 2.77. The topological polar surface area (TPSA) is 100 Å². The van der Waals surface area contributed by atoms with Crippen molar-refractivity contribution < 1.29 is 14.6 Å². The molecule has 0 saturated heterocycles. The molecular formula is C24H35N5O3. The van der Waals surface area contributed by atoms with E-state index in [4.69, 9.17) is 14.7 Å². The number of anilines is 1. The van der Waals surface area contributed by atoms with Crippen molar-refractivity contribution in [1.82, 2.24) is 20.3 Å². The molecule has 2 aromatic heterocycles. The summed E-state index contributed by atoms with van der Waals surface area (Å²) in [6.45, 7) is 10.2. The van der Waals surface area contributed by atoms with Crippen molar-refractivity contribution in [2.45, 2.75) is 65.5 Å². The fourth-order valence-corrected chi connectivity index (χ4v) is 3.59. The van der Waals surface area contributed by atoms with Gasteiger partial charge in [0, 0.05) is 36.1 Å². The zero-order chi connectivity index (χ0) is 23.5. The maximum atomic E-state index is 12.5. The van der Waals surface area contributed by atoms with E-state index in [0.717, 1.165) is 36.3 Å². The fraction of sp³-hybridized carbons (Fsp3) is 0.583. The molecule has 1 aliphatic carbocycles. The first-order valence-corrected chi connectivity index (χ1v) is 11.2. The lowest BCUT2D eigenvalue weighted by Crippen LogP contribution is -2.45. The molecule has 0 bridgehead atoms. The summed E-state index contributed by atoms with van der Waals surface area (Å²) in [6.07, 6.45) is 3.92. The highest BCUT2D eigenvalue weighted by atomic mass is 16.5. The Kier molecular flexibility index (Phi) is 7.33. The van der Waals surface area contributed by atoms with Gasteiger partial charge in [-0.05, 0) is 52.0 Å². The van der Waals surface area contributed by atoms with Crippen LogP contribution in [0.25, 0.3) is 11.5 Å². The largest absolute Gasteiger partial charge is 0.491 e. The van der Waals surface area contributed by atoms with Crippen molar-refractivity contribution in [1.29, 1.82) is 0 Å². The highest BCUT2D eigenvalue weighted by molar-refractivity contribution is 5.82. The molecule has 2 N–H and O–H groups in total. The lowest BCUT2D eigenvalue weighted by molar-refractivity contribution is -0.121. The Labute approximate surface area is 190 Å². The number of hydrogen-bond donors (Lipinski definition) is 2. The quantitative estimate of drug-likeness (QED) is 0.650. The fourth-order valence-electron chi connectivity index (χ4n) is 3.59. The van der Waals surface area contributed by atoms with Gasteiger partial charge < -0.3 is 20.1 Å². The number of aromatic nitrogens is 3. The highest BCUT2D eigenvalue weighted by Gasteiger charge is 2.24. The Balaban J connectivity index is 1.85. The van der Waals surface area contributed by atoms with Crippen LogP contribution in [0, 0.1) is 5.92 Å². The van der Waals surface area contributed by atoms with E-state index >= 15 is 0 Å². The van der Waals surface area contributed by atoms with Gasteiger partial charge in [-0.3, -0.25) is 9.78 Å². The molecule has 32 heavy (non-hydrogen) atoms. The monoisotopic (exact) mass is 441 g/mol. The maximum Gasteiger partial charge on any atom is 0.239 e. The molecule has 2 heterocycles.